The number of pyridine rings is 1. The first-order valence-electron chi connectivity index (χ1n) is 8.54. The molecule has 6 nitrogen and oxygen atoms in total. The maximum absolute atomic E-state index is 14.2. The number of urea groups is 1. The average Bonchev–Trinajstić information content (AvgIpc) is 2.77. The highest BCUT2D eigenvalue weighted by Crippen LogP contribution is 2.35. The second kappa shape index (κ2) is 7.56. The quantitative estimate of drug-likeness (QED) is 0.528. The maximum atomic E-state index is 14.2. The van der Waals surface area contributed by atoms with Crippen molar-refractivity contribution in [2.24, 2.45) is 0 Å². The minimum atomic E-state index is -1.21. The van der Waals surface area contributed by atoms with E-state index >= 15 is 0 Å². The van der Waals surface area contributed by atoms with Crippen LogP contribution in [0, 0.1) is 5.82 Å². The molecule has 1 fully saturated rings. The molecule has 0 radical (unpaired) electrons. The number of hydrogen-bond acceptors (Lipinski definition) is 4. The Kier molecular flexibility index (Phi) is 5.50. The smallest absolute Gasteiger partial charge is 0.332 e. The lowest BCUT2D eigenvalue weighted by molar-refractivity contribution is -0.123. The van der Waals surface area contributed by atoms with Gasteiger partial charge in [0.25, 0.3) is 5.91 Å². The molecule has 9 heteroatoms. The summed E-state index contributed by atoms with van der Waals surface area (Å²) in [5, 5.41) is 0.126. The van der Waals surface area contributed by atoms with Crippen LogP contribution in [0.3, 0.4) is 0 Å². The van der Waals surface area contributed by atoms with Crippen molar-refractivity contribution in [2.45, 2.75) is 25.8 Å². The van der Waals surface area contributed by atoms with Gasteiger partial charge in [-0.1, -0.05) is 29.3 Å². The van der Waals surface area contributed by atoms with E-state index in [2.05, 4.69) is 4.98 Å². The molecule has 28 heavy (non-hydrogen) atoms. The first-order valence-corrected chi connectivity index (χ1v) is 9.29. The van der Waals surface area contributed by atoms with E-state index in [9.17, 15) is 14.0 Å². The number of likely N-dealkylation sites (N-methyl/N-ethyl adjacent to an activating group) is 1. The number of halogens is 3. The summed E-state index contributed by atoms with van der Waals surface area (Å²) in [6.45, 7) is 3.74. The summed E-state index contributed by atoms with van der Waals surface area (Å²) in [6.07, 6.45) is 0.125. The van der Waals surface area contributed by atoms with Gasteiger partial charge in [0, 0.05) is 13.5 Å². The summed E-state index contributed by atoms with van der Waals surface area (Å²) >= 11 is 11.8. The Bertz CT molecular complexity index is 936. The van der Waals surface area contributed by atoms with E-state index in [0.717, 1.165) is 4.90 Å². The number of benzene rings is 1. The highest BCUT2D eigenvalue weighted by atomic mass is 35.5. The zero-order valence-corrected chi connectivity index (χ0v) is 17.0. The van der Waals surface area contributed by atoms with Gasteiger partial charge in [0.1, 0.15) is 15.8 Å². The molecule has 148 valence electrons. The fourth-order valence-electron chi connectivity index (χ4n) is 3.16. The van der Waals surface area contributed by atoms with Crippen molar-refractivity contribution in [1.29, 1.82) is 0 Å². The number of aromatic nitrogens is 1. The standard InChI is InChI=1S/C19H18Cl2FN3O3/c1-4-28-14-6-5-11(7-13(14)22)10-19(2)17(26)25(18(27)24(19)3)12-8-15(20)23-16(21)9-12/h5-9H,4,10H2,1-3H3. The zero-order valence-electron chi connectivity index (χ0n) is 15.5. The lowest BCUT2D eigenvalue weighted by Crippen LogP contribution is -2.47. The summed E-state index contributed by atoms with van der Waals surface area (Å²) in [6, 6.07) is 6.74. The Morgan fingerprint density at radius 3 is 2.39 bits per heavy atom. The van der Waals surface area contributed by atoms with Crippen molar-refractivity contribution in [3.05, 3.63) is 52.0 Å². The number of carbonyl (C=O) groups is 2. The van der Waals surface area contributed by atoms with Crippen LogP contribution in [-0.4, -0.2) is 41.0 Å². The van der Waals surface area contributed by atoms with Crippen LogP contribution in [0.5, 0.6) is 5.75 Å². The van der Waals surface area contributed by atoms with Gasteiger partial charge in [-0.15, -0.1) is 0 Å². The van der Waals surface area contributed by atoms with E-state index in [4.69, 9.17) is 27.9 Å². The van der Waals surface area contributed by atoms with Crippen LogP contribution in [0.1, 0.15) is 19.4 Å². The van der Waals surface area contributed by atoms with E-state index in [1.165, 1.54) is 36.2 Å². The van der Waals surface area contributed by atoms with E-state index < -0.39 is 23.3 Å². The van der Waals surface area contributed by atoms with Crippen molar-refractivity contribution in [1.82, 2.24) is 9.88 Å². The van der Waals surface area contributed by atoms with Gasteiger partial charge in [-0.2, -0.15) is 0 Å². The molecule has 0 saturated carbocycles. The molecule has 3 rings (SSSR count). The lowest BCUT2D eigenvalue weighted by Gasteiger charge is -2.28. The number of nitrogens with zero attached hydrogens (tertiary/aromatic N) is 3. The average molecular weight is 426 g/mol. The molecule has 0 N–H and O–H groups in total. The van der Waals surface area contributed by atoms with Crippen molar-refractivity contribution >= 4 is 40.8 Å². The normalized spacial score (nSPS) is 19.5. The van der Waals surface area contributed by atoms with E-state index in [1.54, 1.807) is 19.9 Å². The highest BCUT2D eigenvalue weighted by Gasteiger charge is 2.53. The number of anilines is 1. The van der Waals surface area contributed by atoms with Crippen LogP contribution in [0.4, 0.5) is 14.9 Å². The first-order chi connectivity index (χ1) is 13.2. The van der Waals surface area contributed by atoms with Crippen molar-refractivity contribution in [3.8, 4) is 5.75 Å². The third kappa shape index (κ3) is 3.52. The van der Waals surface area contributed by atoms with E-state index in [0.29, 0.717) is 12.2 Å². The lowest BCUT2D eigenvalue weighted by atomic mass is 9.91. The molecule has 1 aromatic carbocycles. The van der Waals surface area contributed by atoms with Gasteiger partial charge in [0.05, 0.1) is 12.3 Å². The van der Waals surface area contributed by atoms with Gasteiger partial charge in [-0.3, -0.25) is 4.79 Å². The third-order valence-corrected chi connectivity index (χ3v) is 5.12. The van der Waals surface area contributed by atoms with Crippen LogP contribution >= 0.6 is 23.2 Å². The summed E-state index contributed by atoms with van der Waals surface area (Å²) in [4.78, 5) is 32.1. The second-order valence-electron chi connectivity index (χ2n) is 6.60. The van der Waals surface area contributed by atoms with E-state index in [1.807, 2.05) is 0 Å². The Hall–Kier alpha value is -2.38. The minimum Gasteiger partial charge on any atom is -0.491 e. The Morgan fingerprint density at radius 1 is 1.18 bits per heavy atom. The molecule has 2 aromatic rings. The minimum absolute atomic E-state index is 0.0629. The van der Waals surface area contributed by atoms with E-state index in [-0.39, 0.29) is 28.2 Å². The number of hydrogen-bond donors (Lipinski definition) is 0. The Labute approximate surface area is 171 Å². The molecule has 1 aliphatic heterocycles. The highest BCUT2D eigenvalue weighted by molar-refractivity contribution is 6.33. The molecule has 1 unspecified atom stereocenters. The molecule has 2 heterocycles. The Morgan fingerprint density at radius 2 is 1.82 bits per heavy atom. The molecule has 1 aromatic heterocycles. The molecule has 1 aliphatic rings. The summed E-state index contributed by atoms with van der Waals surface area (Å²) in [5.74, 6) is -0.846. The fraction of sp³-hybridized carbons (Fsp3) is 0.316. The third-order valence-electron chi connectivity index (χ3n) is 4.73. The van der Waals surface area contributed by atoms with Crippen molar-refractivity contribution in [2.75, 3.05) is 18.6 Å². The largest absolute Gasteiger partial charge is 0.491 e. The van der Waals surface area contributed by atoms with Gasteiger partial charge in [-0.05, 0) is 43.7 Å². The van der Waals surface area contributed by atoms with Crippen LogP contribution in [0.25, 0.3) is 0 Å². The summed E-state index contributed by atoms with van der Waals surface area (Å²) in [7, 11) is 1.52. The molecule has 0 spiro atoms. The first kappa shape index (κ1) is 20.4. The van der Waals surface area contributed by atoms with Crippen LogP contribution in [0.2, 0.25) is 10.3 Å². The van der Waals surface area contributed by atoms with Crippen molar-refractivity contribution in [3.63, 3.8) is 0 Å². The maximum Gasteiger partial charge on any atom is 0.332 e. The molecule has 1 atom stereocenters. The molecule has 1 saturated heterocycles. The topological polar surface area (TPSA) is 62.7 Å². The van der Waals surface area contributed by atoms with Gasteiger partial charge in [-0.25, -0.2) is 19.1 Å². The number of carbonyl (C=O) groups excluding carboxylic acids is 2. The predicted molar refractivity (Wildman–Crippen MR) is 105 cm³/mol. The van der Waals surface area contributed by atoms with Crippen LogP contribution < -0.4 is 9.64 Å². The number of ether oxygens (including phenoxy) is 1. The number of imide groups is 1. The van der Waals surface area contributed by atoms with Gasteiger partial charge >= 0.3 is 6.03 Å². The molecular weight excluding hydrogens is 408 g/mol. The number of rotatable bonds is 5. The zero-order chi connectivity index (χ0) is 20.6. The summed E-state index contributed by atoms with van der Waals surface area (Å²) < 4.78 is 19.4. The molecule has 0 aliphatic carbocycles. The molecular formula is C19H18Cl2FN3O3. The monoisotopic (exact) mass is 425 g/mol. The SMILES string of the molecule is CCOc1ccc(CC2(C)C(=O)N(c3cc(Cl)nc(Cl)c3)C(=O)N2C)cc1F. The molecule has 0 bridgehead atoms. The second-order valence-corrected chi connectivity index (χ2v) is 7.38. The fourth-order valence-corrected chi connectivity index (χ4v) is 3.61. The number of amides is 3. The van der Waals surface area contributed by atoms with Crippen LogP contribution in [-0.2, 0) is 11.2 Å². The van der Waals surface area contributed by atoms with Gasteiger partial charge < -0.3 is 9.64 Å². The summed E-state index contributed by atoms with van der Waals surface area (Å²) in [5.41, 5.74) is -0.420. The van der Waals surface area contributed by atoms with Crippen molar-refractivity contribution < 1.29 is 18.7 Å². The Balaban J connectivity index is 1.94. The van der Waals surface area contributed by atoms with Crippen LogP contribution in [0.15, 0.2) is 30.3 Å². The van der Waals surface area contributed by atoms with Gasteiger partial charge in [0.2, 0.25) is 0 Å². The molecule has 3 amide bonds. The van der Waals surface area contributed by atoms with Gasteiger partial charge in [0.15, 0.2) is 11.6 Å². The predicted octanol–water partition coefficient (Wildman–Crippen LogP) is 4.33.